The number of carbonyl (C=O) groups excluding carboxylic acids is 1. The van der Waals surface area contributed by atoms with Crippen LogP contribution in [0.4, 0.5) is 0 Å². The van der Waals surface area contributed by atoms with Crippen molar-refractivity contribution >= 4 is 5.91 Å². The Morgan fingerprint density at radius 2 is 2.00 bits per heavy atom. The fraction of sp³-hybridized carbons (Fsp3) is 0.353. The number of amides is 1. The fourth-order valence-corrected chi connectivity index (χ4v) is 3.10. The molecule has 0 bridgehead atoms. The average Bonchev–Trinajstić information content (AvgIpc) is 3.06. The summed E-state index contributed by atoms with van der Waals surface area (Å²) < 4.78 is 5.01. The number of rotatable bonds is 2. The minimum absolute atomic E-state index is 0.0604. The van der Waals surface area contributed by atoms with Gasteiger partial charge in [0.05, 0.1) is 11.8 Å². The molecular formula is C17H19NO2. The zero-order valence-electron chi connectivity index (χ0n) is 11.9. The normalized spacial score (nSPS) is 21.1. The molecule has 3 heteroatoms. The SMILES string of the molecule is CC1(C)CN(C(=O)c2ccoc2)CC1c1ccccc1. The second-order valence-electron chi connectivity index (χ2n) is 6.15. The van der Waals surface area contributed by atoms with E-state index >= 15 is 0 Å². The average molecular weight is 269 g/mol. The van der Waals surface area contributed by atoms with Gasteiger partial charge in [-0.2, -0.15) is 0 Å². The van der Waals surface area contributed by atoms with Gasteiger partial charge >= 0.3 is 0 Å². The molecule has 0 aliphatic carbocycles. The quantitative estimate of drug-likeness (QED) is 0.835. The summed E-state index contributed by atoms with van der Waals surface area (Å²) in [4.78, 5) is 14.4. The van der Waals surface area contributed by atoms with Gasteiger partial charge < -0.3 is 9.32 Å². The number of nitrogens with zero attached hydrogens (tertiary/aromatic N) is 1. The van der Waals surface area contributed by atoms with E-state index in [1.165, 1.54) is 11.8 Å². The molecule has 1 unspecified atom stereocenters. The minimum Gasteiger partial charge on any atom is -0.472 e. The van der Waals surface area contributed by atoms with Crippen LogP contribution in [-0.4, -0.2) is 23.9 Å². The molecule has 1 amide bonds. The van der Waals surface area contributed by atoms with E-state index in [4.69, 9.17) is 4.42 Å². The lowest BCUT2D eigenvalue weighted by atomic mass is 9.78. The summed E-state index contributed by atoms with van der Waals surface area (Å²) in [5.41, 5.74) is 2.02. The summed E-state index contributed by atoms with van der Waals surface area (Å²) in [5.74, 6) is 0.435. The Hall–Kier alpha value is -2.03. The summed E-state index contributed by atoms with van der Waals surface area (Å²) in [6.07, 6.45) is 3.06. The smallest absolute Gasteiger partial charge is 0.257 e. The van der Waals surface area contributed by atoms with Crippen molar-refractivity contribution in [2.24, 2.45) is 5.41 Å². The van der Waals surface area contributed by atoms with Crippen LogP contribution < -0.4 is 0 Å². The molecule has 1 aromatic carbocycles. The summed E-state index contributed by atoms with van der Waals surface area (Å²) in [7, 11) is 0. The Kier molecular flexibility index (Phi) is 3.13. The molecule has 0 spiro atoms. The molecule has 1 aromatic heterocycles. The van der Waals surface area contributed by atoms with Crippen LogP contribution in [-0.2, 0) is 0 Å². The van der Waals surface area contributed by atoms with Crippen LogP contribution in [0.5, 0.6) is 0 Å². The summed E-state index contributed by atoms with van der Waals surface area (Å²) in [5, 5.41) is 0. The third kappa shape index (κ3) is 2.24. The maximum absolute atomic E-state index is 12.4. The van der Waals surface area contributed by atoms with Crippen molar-refractivity contribution in [3.8, 4) is 0 Å². The van der Waals surface area contributed by atoms with Crippen molar-refractivity contribution in [1.29, 1.82) is 0 Å². The van der Waals surface area contributed by atoms with Crippen molar-refractivity contribution < 1.29 is 9.21 Å². The molecule has 1 aliphatic rings. The molecule has 1 aliphatic heterocycles. The summed E-state index contributed by atoms with van der Waals surface area (Å²) in [6.45, 7) is 6.00. The Bertz CT molecular complexity index is 587. The highest BCUT2D eigenvalue weighted by Crippen LogP contribution is 2.42. The molecule has 104 valence electrons. The second kappa shape index (κ2) is 4.82. The first-order valence-electron chi connectivity index (χ1n) is 6.94. The highest BCUT2D eigenvalue weighted by molar-refractivity contribution is 5.94. The van der Waals surface area contributed by atoms with E-state index in [0.717, 1.165) is 13.1 Å². The first kappa shape index (κ1) is 13.0. The molecule has 0 radical (unpaired) electrons. The van der Waals surface area contributed by atoms with Gasteiger partial charge in [0.25, 0.3) is 5.91 Å². The van der Waals surface area contributed by atoms with Gasteiger partial charge in [0.2, 0.25) is 0 Å². The van der Waals surface area contributed by atoms with Crippen LogP contribution in [0.15, 0.2) is 53.3 Å². The third-order valence-corrected chi connectivity index (χ3v) is 4.20. The lowest BCUT2D eigenvalue weighted by Gasteiger charge is -2.25. The Balaban J connectivity index is 1.84. The van der Waals surface area contributed by atoms with E-state index in [0.29, 0.717) is 11.5 Å². The van der Waals surface area contributed by atoms with Crippen molar-refractivity contribution in [3.63, 3.8) is 0 Å². The standard InChI is InChI=1S/C17H19NO2/c1-17(2)12-18(16(19)14-8-9-20-11-14)10-15(17)13-6-4-3-5-7-13/h3-9,11,15H,10,12H2,1-2H3. The third-order valence-electron chi connectivity index (χ3n) is 4.20. The number of carbonyl (C=O) groups is 1. The maximum Gasteiger partial charge on any atom is 0.257 e. The van der Waals surface area contributed by atoms with E-state index in [2.05, 4.69) is 38.1 Å². The first-order valence-corrected chi connectivity index (χ1v) is 6.94. The molecule has 0 N–H and O–H groups in total. The fourth-order valence-electron chi connectivity index (χ4n) is 3.10. The number of likely N-dealkylation sites (tertiary alicyclic amines) is 1. The monoisotopic (exact) mass is 269 g/mol. The van der Waals surface area contributed by atoms with E-state index < -0.39 is 0 Å². The molecule has 1 fully saturated rings. The van der Waals surface area contributed by atoms with E-state index in [1.54, 1.807) is 12.3 Å². The lowest BCUT2D eigenvalue weighted by molar-refractivity contribution is 0.0777. The summed E-state index contributed by atoms with van der Waals surface area (Å²) in [6, 6.07) is 12.2. The van der Waals surface area contributed by atoms with Crippen LogP contribution in [0.2, 0.25) is 0 Å². The van der Waals surface area contributed by atoms with Crippen molar-refractivity contribution in [3.05, 3.63) is 60.1 Å². The van der Waals surface area contributed by atoms with Gasteiger partial charge in [0.15, 0.2) is 0 Å². The minimum atomic E-state index is 0.0604. The summed E-state index contributed by atoms with van der Waals surface area (Å²) >= 11 is 0. The first-order chi connectivity index (χ1) is 9.58. The molecular weight excluding hydrogens is 250 g/mol. The largest absolute Gasteiger partial charge is 0.472 e. The Morgan fingerprint density at radius 1 is 1.25 bits per heavy atom. The molecule has 1 atom stereocenters. The number of benzene rings is 1. The molecule has 1 saturated heterocycles. The number of hydrogen-bond acceptors (Lipinski definition) is 2. The van der Waals surface area contributed by atoms with Gasteiger partial charge in [-0.3, -0.25) is 4.79 Å². The predicted octanol–water partition coefficient (Wildman–Crippen LogP) is 3.55. The van der Waals surface area contributed by atoms with E-state index in [-0.39, 0.29) is 11.3 Å². The zero-order chi connectivity index (χ0) is 14.2. The highest BCUT2D eigenvalue weighted by atomic mass is 16.3. The van der Waals surface area contributed by atoms with Crippen molar-refractivity contribution in [2.75, 3.05) is 13.1 Å². The molecule has 2 heterocycles. The molecule has 0 saturated carbocycles. The highest BCUT2D eigenvalue weighted by Gasteiger charge is 2.42. The van der Waals surface area contributed by atoms with Crippen LogP contribution in [0.3, 0.4) is 0 Å². The molecule has 3 rings (SSSR count). The van der Waals surface area contributed by atoms with Gasteiger partial charge in [-0.05, 0) is 17.0 Å². The maximum atomic E-state index is 12.4. The van der Waals surface area contributed by atoms with Gasteiger partial charge in [-0.15, -0.1) is 0 Å². The van der Waals surface area contributed by atoms with Crippen LogP contribution in [0.25, 0.3) is 0 Å². The Morgan fingerprint density at radius 3 is 2.65 bits per heavy atom. The molecule has 3 nitrogen and oxygen atoms in total. The Labute approximate surface area is 119 Å². The molecule has 2 aromatic rings. The lowest BCUT2D eigenvalue weighted by Crippen LogP contribution is -2.29. The van der Waals surface area contributed by atoms with Gasteiger partial charge in [-0.25, -0.2) is 0 Å². The van der Waals surface area contributed by atoms with Gasteiger partial charge in [-0.1, -0.05) is 44.2 Å². The van der Waals surface area contributed by atoms with E-state index in [1.807, 2.05) is 11.0 Å². The number of furan rings is 1. The molecule has 20 heavy (non-hydrogen) atoms. The van der Waals surface area contributed by atoms with Crippen molar-refractivity contribution in [1.82, 2.24) is 4.90 Å². The van der Waals surface area contributed by atoms with Crippen LogP contribution in [0, 0.1) is 5.41 Å². The second-order valence-corrected chi connectivity index (χ2v) is 6.15. The van der Waals surface area contributed by atoms with Crippen molar-refractivity contribution in [2.45, 2.75) is 19.8 Å². The van der Waals surface area contributed by atoms with Gasteiger partial charge in [0.1, 0.15) is 6.26 Å². The van der Waals surface area contributed by atoms with Gasteiger partial charge in [0, 0.05) is 19.0 Å². The van der Waals surface area contributed by atoms with Crippen LogP contribution >= 0.6 is 0 Å². The van der Waals surface area contributed by atoms with Crippen LogP contribution in [0.1, 0.15) is 35.7 Å². The number of hydrogen-bond donors (Lipinski definition) is 0. The van der Waals surface area contributed by atoms with E-state index in [9.17, 15) is 4.79 Å². The topological polar surface area (TPSA) is 33.5 Å². The zero-order valence-corrected chi connectivity index (χ0v) is 11.9. The predicted molar refractivity (Wildman–Crippen MR) is 77.6 cm³/mol.